The summed E-state index contributed by atoms with van der Waals surface area (Å²) in [4.78, 5) is 0. The smallest absolute Gasteiger partial charge is 0.168 e. The minimum Gasteiger partial charge on any atom is -0.350 e. The van der Waals surface area contributed by atoms with E-state index in [0.29, 0.717) is 45.3 Å². The molecule has 0 N–H and O–H groups in total. The topological polar surface area (TPSA) is 66.0 Å². The van der Waals surface area contributed by atoms with Crippen LogP contribution in [0.1, 0.15) is 46.0 Å². The fourth-order valence-corrected chi connectivity index (χ4v) is 2.45. The van der Waals surface area contributed by atoms with E-state index >= 15 is 0 Å². The highest BCUT2D eigenvalue weighted by Gasteiger charge is 2.44. The zero-order chi connectivity index (χ0) is 12.8. The van der Waals surface area contributed by atoms with Crippen LogP contribution in [0.25, 0.3) is 0 Å². The first-order valence-electron chi connectivity index (χ1n) is 6.22. The molecule has 1 aliphatic rings. The summed E-state index contributed by atoms with van der Waals surface area (Å²) in [6, 6.07) is 4.42. The lowest BCUT2D eigenvalue weighted by atomic mass is 9.71. The summed E-state index contributed by atoms with van der Waals surface area (Å²) in [7, 11) is 0. The van der Waals surface area contributed by atoms with Gasteiger partial charge in [-0.1, -0.05) is 0 Å². The second-order valence-corrected chi connectivity index (χ2v) is 4.50. The van der Waals surface area contributed by atoms with Crippen LogP contribution < -0.4 is 0 Å². The van der Waals surface area contributed by atoms with Crippen molar-refractivity contribution in [1.82, 2.24) is 0 Å². The van der Waals surface area contributed by atoms with E-state index in [2.05, 4.69) is 12.1 Å². The van der Waals surface area contributed by atoms with Crippen LogP contribution in [0.3, 0.4) is 0 Å². The number of nitrogens with zero attached hydrogens (tertiary/aromatic N) is 2. The third-order valence-corrected chi connectivity index (χ3v) is 3.44. The molecule has 0 spiro atoms. The first kappa shape index (κ1) is 14.0. The van der Waals surface area contributed by atoms with Crippen molar-refractivity contribution in [2.45, 2.75) is 51.7 Å². The molecule has 0 bridgehead atoms. The maximum Gasteiger partial charge on any atom is 0.168 e. The highest BCUT2D eigenvalue weighted by molar-refractivity contribution is 5.07. The van der Waals surface area contributed by atoms with Gasteiger partial charge in [0.15, 0.2) is 5.79 Å². The molecule has 4 nitrogen and oxygen atoms in total. The molecule has 0 aromatic heterocycles. The molecule has 0 aromatic rings. The number of rotatable bonds is 5. The van der Waals surface area contributed by atoms with Crippen LogP contribution in [0.5, 0.6) is 0 Å². The first-order chi connectivity index (χ1) is 8.16. The van der Waals surface area contributed by atoms with E-state index in [1.807, 2.05) is 13.8 Å². The summed E-state index contributed by atoms with van der Waals surface area (Å²) < 4.78 is 11.4. The standard InChI is InChI=1S/C13H20N2O2/c1-3-16-13(17-4-2)7-5-12(11-15,6-8-13)9-10-14/h3-9H2,1-2H3. The van der Waals surface area contributed by atoms with E-state index in [1.165, 1.54) is 0 Å². The fraction of sp³-hybridized carbons (Fsp3) is 0.846. The van der Waals surface area contributed by atoms with Crippen molar-refractivity contribution in [2.24, 2.45) is 5.41 Å². The van der Waals surface area contributed by atoms with Gasteiger partial charge in [-0.15, -0.1) is 0 Å². The van der Waals surface area contributed by atoms with Crippen LogP contribution in [0.2, 0.25) is 0 Å². The van der Waals surface area contributed by atoms with Crippen LogP contribution in [0.15, 0.2) is 0 Å². The maximum absolute atomic E-state index is 9.22. The first-order valence-corrected chi connectivity index (χ1v) is 6.22. The third-order valence-electron chi connectivity index (χ3n) is 3.44. The predicted octanol–water partition coefficient (Wildman–Crippen LogP) is 2.75. The van der Waals surface area contributed by atoms with Gasteiger partial charge in [-0.05, 0) is 26.7 Å². The van der Waals surface area contributed by atoms with Crippen molar-refractivity contribution < 1.29 is 9.47 Å². The third kappa shape index (κ3) is 3.19. The molecule has 0 aliphatic heterocycles. The van der Waals surface area contributed by atoms with E-state index in [9.17, 15) is 5.26 Å². The van der Waals surface area contributed by atoms with Crippen molar-refractivity contribution in [1.29, 1.82) is 10.5 Å². The quantitative estimate of drug-likeness (QED) is 0.688. The molecule has 1 saturated carbocycles. The molecule has 0 saturated heterocycles. The molecule has 94 valence electrons. The van der Waals surface area contributed by atoms with E-state index in [4.69, 9.17) is 14.7 Å². The molecule has 0 heterocycles. The summed E-state index contributed by atoms with van der Waals surface area (Å²) >= 11 is 0. The average molecular weight is 236 g/mol. The molecule has 0 unspecified atom stereocenters. The monoisotopic (exact) mass is 236 g/mol. The van der Waals surface area contributed by atoms with E-state index in [1.54, 1.807) is 0 Å². The molecule has 17 heavy (non-hydrogen) atoms. The Kier molecular flexibility index (Phi) is 4.93. The molecule has 1 rings (SSSR count). The zero-order valence-electron chi connectivity index (χ0n) is 10.7. The number of nitriles is 2. The average Bonchev–Trinajstić information content (AvgIpc) is 2.34. The molecule has 1 aliphatic carbocycles. The Morgan fingerprint density at radius 2 is 1.53 bits per heavy atom. The van der Waals surface area contributed by atoms with Gasteiger partial charge in [0.1, 0.15) is 0 Å². The van der Waals surface area contributed by atoms with Crippen molar-refractivity contribution in [3.8, 4) is 12.1 Å². The van der Waals surface area contributed by atoms with Crippen molar-refractivity contribution in [3.63, 3.8) is 0 Å². The van der Waals surface area contributed by atoms with Gasteiger partial charge in [-0.2, -0.15) is 10.5 Å². The van der Waals surface area contributed by atoms with Gasteiger partial charge in [0, 0.05) is 26.1 Å². The lowest BCUT2D eigenvalue weighted by Gasteiger charge is -2.41. The highest BCUT2D eigenvalue weighted by atomic mass is 16.7. The lowest BCUT2D eigenvalue weighted by Crippen LogP contribution is -2.43. The Morgan fingerprint density at radius 3 is 1.88 bits per heavy atom. The molecule has 0 amide bonds. The molecule has 0 aromatic carbocycles. The van der Waals surface area contributed by atoms with Gasteiger partial charge in [0.25, 0.3) is 0 Å². The van der Waals surface area contributed by atoms with Crippen LogP contribution in [-0.4, -0.2) is 19.0 Å². The van der Waals surface area contributed by atoms with Crippen molar-refractivity contribution >= 4 is 0 Å². The van der Waals surface area contributed by atoms with Crippen LogP contribution in [-0.2, 0) is 9.47 Å². The summed E-state index contributed by atoms with van der Waals surface area (Å²) in [5.74, 6) is -0.528. The lowest BCUT2D eigenvalue weighted by molar-refractivity contribution is -0.255. The number of hydrogen-bond donors (Lipinski definition) is 0. The summed E-state index contributed by atoms with van der Waals surface area (Å²) in [5, 5.41) is 18.0. The normalized spacial score (nSPS) is 21.4. The minimum absolute atomic E-state index is 0.303. The molecule has 4 heteroatoms. The molecule has 0 radical (unpaired) electrons. The Bertz CT molecular complexity index is 311. The molecular formula is C13H20N2O2. The van der Waals surface area contributed by atoms with Gasteiger partial charge in [-0.25, -0.2) is 0 Å². The van der Waals surface area contributed by atoms with Gasteiger partial charge in [-0.3, -0.25) is 0 Å². The molecular weight excluding hydrogens is 216 g/mol. The second-order valence-electron chi connectivity index (χ2n) is 4.50. The maximum atomic E-state index is 9.22. The Morgan fingerprint density at radius 1 is 1.00 bits per heavy atom. The number of ether oxygens (including phenoxy) is 2. The largest absolute Gasteiger partial charge is 0.350 e. The minimum atomic E-state index is -0.528. The predicted molar refractivity (Wildman–Crippen MR) is 62.7 cm³/mol. The zero-order valence-corrected chi connectivity index (χ0v) is 10.7. The number of hydrogen-bond acceptors (Lipinski definition) is 4. The Hall–Kier alpha value is -1.10. The summed E-state index contributed by atoms with van der Waals surface area (Å²) in [6.07, 6.45) is 3.06. The molecule has 1 fully saturated rings. The molecule has 0 atom stereocenters. The van der Waals surface area contributed by atoms with E-state index < -0.39 is 11.2 Å². The Balaban J connectivity index is 2.70. The van der Waals surface area contributed by atoms with Crippen LogP contribution in [0.4, 0.5) is 0 Å². The Labute approximate surface area is 103 Å². The van der Waals surface area contributed by atoms with E-state index in [0.717, 1.165) is 0 Å². The second kappa shape index (κ2) is 6.00. The van der Waals surface area contributed by atoms with Gasteiger partial charge in [0.2, 0.25) is 0 Å². The summed E-state index contributed by atoms with van der Waals surface area (Å²) in [5.41, 5.74) is -0.494. The van der Waals surface area contributed by atoms with Gasteiger partial charge < -0.3 is 9.47 Å². The van der Waals surface area contributed by atoms with E-state index in [-0.39, 0.29) is 0 Å². The summed E-state index contributed by atoms with van der Waals surface area (Å²) in [6.45, 7) is 5.11. The highest BCUT2D eigenvalue weighted by Crippen LogP contribution is 2.44. The van der Waals surface area contributed by atoms with Crippen LogP contribution in [0, 0.1) is 28.1 Å². The van der Waals surface area contributed by atoms with Crippen LogP contribution >= 0.6 is 0 Å². The van der Waals surface area contributed by atoms with Gasteiger partial charge >= 0.3 is 0 Å². The van der Waals surface area contributed by atoms with Crippen molar-refractivity contribution in [2.75, 3.05) is 13.2 Å². The van der Waals surface area contributed by atoms with Crippen molar-refractivity contribution in [3.05, 3.63) is 0 Å². The van der Waals surface area contributed by atoms with Gasteiger partial charge in [0.05, 0.1) is 24.0 Å². The fourth-order valence-electron chi connectivity index (χ4n) is 2.45. The SMILES string of the molecule is CCOC1(OCC)CCC(C#N)(CC#N)CC1.